The van der Waals surface area contributed by atoms with Crippen molar-refractivity contribution in [1.29, 1.82) is 0 Å². The molecule has 0 radical (unpaired) electrons. The number of amides is 1. The second-order valence-corrected chi connectivity index (χ2v) is 5.57. The zero-order valence-electron chi connectivity index (χ0n) is 11.5. The SMILES string of the molecule is CC(C)(C)OC(=O)NOC1(CC(=O)O)CCOCC1. The fraction of sp³-hybridized carbons (Fsp3) is 0.833. The van der Waals surface area contributed by atoms with Crippen molar-refractivity contribution >= 4 is 12.1 Å². The van der Waals surface area contributed by atoms with Crippen LogP contribution in [0.1, 0.15) is 40.0 Å². The standard InChI is InChI=1S/C12H21NO6/c1-11(2,3)18-10(16)13-19-12(8-9(14)15)4-6-17-7-5-12/h4-8H2,1-3H3,(H,13,16)(H,14,15). The first kappa shape index (κ1) is 15.7. The van der Waals surface area contributed by atoms with Gasteiger partial charge in [-0.25, -0.2) is 4.79 Å². The number of hydrogen-bond acceptors (Lipinski definition) is 5. The number of hydroxylamine groups is 1. The van der Waals surface area contributed by atoms with Crippen molar-refractivity contribution in [3.8, 4) is 0 Å². The molecule has 1 heterocycles. The first-order valence-corrected chi connectivity index (χ1v) is 6.19. The van der Waals surface area contributed by atoms with E-state index in [0.29, 0.717) is 26.1 Å². The number of aliphatic carboxylic acids is 1. The van der Waals surface area contributed by atoms with Crippen molar-refractivity contribution < 1.29 is 29.0 Å². The molecule has 0 unspecified atom stereocenters. The first-order valence-electron chi connectivity index (χ1n) is 6.19. The molecule has 110 valence electrons. The van der Waals surface area contributed by atoms with Crippen molar-refractivity contribution in [1.82, 2.24) is 5.48 Å². The molecule has 2 N–H and O–H groups in total. The number of carboxylic acid groups (broad SMARTS) is 1. The maximum absolute atomic E-state index is 11.5. The molecular weight excluding hydrogens is 254 g/mol. The zero-order chi connectivity index (χ0) is 14.5. The summed E-state index contributed by atoms with van der Waals surface area (Å²) in [6.45, 7) is 6.00. The molecule has 7 nitrogen and oxygen atoms in total. The average molecular weight is 275 g/mol. The van der Waals surface area contributed by atoms with E-state index < -0.39 is 23.3 Å². The summed E-state index contributed by atoms with van der Waals surface area (Å²) in [6, 6.07) is 0. The van der Waals surface area contributed by atoms with Gasteiger partial charge in [-0.1, -0.05) is 0 Å². The highest BCUT2D eigenvalue weighted by Gasteiger charge is 2.37. The fourth-order valence-electron chi connectivity index (χ4n) is 1.78. The van der Waals surface area contributed by atoms with Gasteiger partial charge in [0.05, 0.1) is 6.42 Å². The van der Waals surface area contributed by atoms with E-state index in [1.807, 2.05) is 0 Å². The molecule has 0 saturated carbocycles. The van der Waals surface area contributed by atoms with Gasteiger partial charge < -0.3 is 14.6 Å². The van der Waals surface area contributed by atoms with Crippen molar-refractivity contribution in [3.05, 3.63) is 0 Å². The molecular formula is C12H21NO6. The Balaban J connectivity index is 2.53. The van der Waals surface area contributed by atoms with E-state index in [0.717, 1.165) is 0 Å². The Hall–Kier alpha value is -1.34. The van der Waals surface area contributed by atoms with Gasteiger partial charge in [0.25, 0.3) is 0 Å². The molecule has 1 fully saturated rings. The van der Waals surface area contributed by atoms with E-state index in [9.17, 15) is 9.59 Å². The van der Waals surface area contributed by atoms with Crippen LogP contribution in [0.4, 0.5) is 4.79 Å². The number of carboxylic acids is 1. The van der Waals surface area contributed by atoms with E-state index in [1.54, 1.807) is 20.8 Å². The lowest BCUT2D eigenvalue weighted by Crippen LogP contribution is -2.47. The predicted molar refractivity (Wildman–Crippen MR) is 65.5 cm³/mol. The van der Waals surface area contributed by atoms with Crippen molar-refractivity contribution in [2.75, 3.05) is 13.2 Å². The summed E-state index contributed by atoms with van der Waals surface area (Å²) in [4.78, 5) is 27.7. The molecule has 1 rings (SSSR count). The lowest BCUT2D eigenvalue weighted by molar-refractivity contribution is -0.170. The normalized spacial score (nSPS) is 18.7. The molecule has 0 aromatic rings. The fourth-order valence-corrected chi connectivity index (χ4v) is 1.78. The third kappa shape index (κ3) is 5.89. The third-order valence-corrected chi connectivity index (χ3v) is 2.63. The lowest BCUT2D eigenvalue weighted by Gasteiger charge is -2.35. The Kier molecular flexibility index (Phi) is 5.13. The number of nitrogens with one attached hydrogen (secondary N) is 1. The maximum atomic E-state index is 11.5. The van der Waals surface area contributed by atoms with E-state index in [1.165, 1.54) is 0 Å². The van der Waals surface area contributed by atoms with Gasteiger partial charge in [-0.3, -0.25) is 9.63 Å². The minimum atomic E-state index is -0.979. The third-order valence-electron chi connectivity index (χ3n) is 2.63. The molecule has 1 saturated heterocycles. The van der Waals surface area contributed by atoms with Crippen LogP contribution in [0.3, 0.4) is 0 Å². The largest absolute Gasteiger partial charge is 0.481 e. The highest BCUT2D eigenvalue weighted by Crippen LogP contribution is 2.28. The van der Waals surface area contributed by atoms with E-state index in [2.05, 4.69) is 5.48 Å². The molecule has 19 heavy (non-hydrogen) atoms. The summed E-state index contributed by atoms with van der Waals surface area (Å²) >= 11 is 0. The Morgan fingerprint density at radius 3 is 2.37 bits per heavy atom. The summed E-state index contributed by atoms with van der Waals surface area (Å²) < 4.78 is 10.2. The van der Waals surface area contributed by atoms with Gasteiger partial charge in [-0.2, -0.15) is 5.48 Å². The summed E-state index contributed by atoms with van der Waals surface area (Å²) in [5.41, 5.74) is 0.610. The second-order valence-electron chi connectivity index (χ2n) is 5.57. The van der Waals surface area contributed by atoms with Crippen LogP contribution in [0.5, 0.6) is 0 Å². The monoisotopic (exact) mass is 275 g/mol. The maximum Gasteiger partial charge on any atom is 0.431 e. The smallest absolute Gasteiger partial charge is 0.431 e. The van der Waals surface area contributed by atoms with Gasteiger partial charge in [0.2, 0.25) is 0 Å². The Bertz CT molecular complexity index is 330. The predicted octanol–water partition coefficient (Wildman–Crippen LogP) is 1.47. The van der Waals surface area contributed by atoms with Gasteiger partial charge >= 0.3 is 12.1 Å². The summed E-state index contributed by atoms with van der Waals surface area (Å²) in [7, 11) is 0. The topological polar surface area (TPSA) is 94.1 Å². The minimum absolute atomic E-state index is 0.188. The lowest BCUT2D eigenvalue weighted by atomic mass is 9.91. The number of rotatable bonds is 4. The van der Waals surface area contributed by atoms with Crippen LogP contribution in [0.25, 0.3) is 0 Å². The molecule has 0 bridgehead atoms. The van der Waals surface area contributed by atoms with Crippen LogP contribution in [0.15, 0.2) is 0 Å². The molecule has 1 amide bonds. The summed E-state index contributed by atoms with van der Waals surface area (Å²) in [6.07, 6.45) is -0.0974. The van der Waals surface area contributed by atoms with Crippen LogP contribution in [0, 0.1) is 0 Å². The molecule has 0 aliphatic carbocycles. The highest BCUT2D eigenvalue weighted by atomic mass is 16.7. The van der Waals surface area contributed by atoms with Crippen molar-refractivity contribution in [2.24, 2.45) is 0 Å². The zero-order valence-corrected chi connectivity index (χ0v) is 11.5. The van der Waals surface area contributed by atoms with Gasteiger partial charge in [-0.05, 0) is 20.8 Å². The van der Waals surface area contributed by atoms with E-state index >= 15 is 0 Å². The average Bonchev–Trinajstić information content (AvgIpc) is 2.24. The number of carbonyl (C=O) groups excluding carboxylic acids is 1. The van der Waals surface area contributed by atoms with E-state index in [-0.39, 0.29) is 6.42 Å². The molecule has 1 aliphatic rings. The van der Waals surface area contributed by atoms with Crippen LogP contribution < -0.4 is 5.48 Å². The van der Waals surface area contributed by atoms with Gasteiger partial charge in [0, 0.05) is 26.1 Å². The van der Waals surface area contributed by atoms with Gasteiger partial charge in [0.1, 0.15) is 11.2 Å². The highest BCUT2D eigenvalue weighted by molar-refractivity contribution is 5.68. The quantitative estimate of drug-likeness (QED) is 0.754. The molecule has 1 aliphatic heterocycles. The molecule has 0 aromatic heterocycles. The van der Waals surface area contributed by atoms with Crippen LogP contribution >= 0.6 is 0 Å². The number of carbonyl (C=O) groups is 2. The molecule has 0 aromatic carbocycles. The van der Waals surface area contributed by atoms with Crippen LogP contribution in [0.2, 0.25) is 0 Å². The Morgan fingerprint density at radius 1 is 1.32 bits per heavy atom. The first-order chi connectivity index (χ1) is 8.72. The van der Waals surface area contributed by atoms with E-state index in [4.69, 9.17) is 19.4 Å². The Labute approximate surface area is 112 Å². The Morgan fingerprint density at radius 2 is 1.89 bits per heavy atom. The van der Waals surface area contributed by atoms with Gasteiger partial charge in [-0.15, -0.1) is 0 Å². The number of hydrogen-bond donors (Lipinski definition) is 2. The van der Waals surface area contributed by atoms with Crippen molar-refractivity contribution in [3.63, 3.8) is 0 Å². The van der Waals surface area contributed by atoms with Crippen LogP contribution in [-0.4, -0.2) is 41.6 Å². The van der Waals surface area contributed by atoms with Crippen LogP contribution in [-0.2, 0) is 19.1 Å². The van der Waals surface area contributed by atoms with Gasteiger partial charge in [0.15, 0.2) is 0 Å². The summed E-state index contributed by atoms with van der Waals surface area (Å²) in [5.74, 6) is -0.979. The molecule has 7 heteroatoms. The second kappa shape index (κ2) is 6.21. The number of ether oxygens (including phenoxy) is 2. The minimum Gasteiger partial charge on any atom is -0.481 e. The molecule has 0 atom stereocenters. The summed E-state index contributed by atoms with van der Waals surface area (Å²) in [5, 5.41) is 8.92. The van der Waals surface area contributed by atoms with Crippen molar-refractivity contribution in [2.45, 2.75) is 51.2 Å². The molecule has 0 spiro atoms.